The predicted octanol–water partition coefficient (Wildman–Crippen LogP) is 4.31. The Morgan fingerprint density at radius 3 is 2.65 bits per heavy atom. The summed E-state index contributed by atoms with van der Waals surface area (Å²) in [6.45, 7) is -0.0893. The number of halogens is 2. The van der Waals surface area contributed by atoms with E-state index in [1.165, 1.54) is 35.6 Å². The summed E-state index contributed by atoms with van der Waals surface area (Å²) >= 11 is 7.59. The van der Waals surface area contributed by atoms with Gasteiger partial charge in [-0.15, -0.1) is 16.4 Å². The molecule has 0 atom stereocenters. The minimum Gasteiger partial charge on any atom is -0.388 e. The average Bonchev–Trinajstić information content (AvgIpc) is 3.33. The summed E-state index contributed by atoms with van der Waals surface area (Å²) in [7, 11) is 0. The zero-order valence-corrected chi connectivity index (χ0v) is 17.2. The first kappa shape index (κ1) is 19.4. The Kier molecular flexibility index (Phi) is 4.76. The fourth-order valence-corrected chi connectivity index (χ4v) is 4.40. The summed E-state index contributed by atoms with van der Waals surface area (Å²) in [5.74, 6) is -0.825. The highest BCUT2D eigenvalue weighted by Crippen LogP contribution is 2.34. The quantitative estimate of drug-likeness (QED) is 0.436. The Bertz CT molecular complexity index is 1540. The maximum absolute atomic E-state index is 13.1. The number of nitrogens with one attached hydrogen (secondary N) is 1. The summed E-state index contributed by atoms with van der Waals surface area (Å²) in [4.78, 5) is 32.7. The number of thiophene rings is 1. The number of hydrogen-bond acceptors (Lipinski definition) is 6. The lowest BCUT2D eigenvalue weighted by molar-refractivity contribution is 0.491. The summed E-state index contributed by atoms with van der Waals surface area (Å²) in [5.41, 5.74) is 1.55. The van der Waals surface area contributed by atoms with Crippen LogP contribution in [-0.2, 0) is 6.54 Å². The maximum atomic E-state index is 13.1. The van der Waals surface area contributed by atoms with Crippen LogP contribution in [0, 0.1) is 5.82 Å². The van der Waals surface area contributed by atoms with Crippen molar-refractivity contribution in [1.29, 1.82) is 0 Å². The first-order valence-electron chi connectivity index (χ1n) is 9.09. The van der Waals surface area contributed by atoms with Gasteiger partial charge >= 0.3 is 5.76 Å². The molecule has 0 unspecified atom stereocenters. The number of aromatic amines is 1. The van der Waals surface area contributed by atoms with Gasteiger partial charge in [0.2, 0.25) is 5.89 Å². The Morgan fingerprint density at radius 2 is 1.87 bits per heavy atom. The van der Waals surface area contributed by atoms with E-state index < -0.39 is 11.6 Å². The van der Waals surface area contributed by atoms with Crippen molar-refractivity contribution in [2.24, 2.45) is 0 Å². The number of nitrogens with zero attached hydrogens (tertiary/aromatic N) is 3. The lowest BCUT2D eigenvalue weighted by atomic mass is 10.1. The van der Waals surface area contributed by atoms with Crippen molar-refractivity contribution in [3.05, 3.63) is 91.5 Å². The van der Waals surface area contributed by atoms with Gasteiger partial charge in [0, 0.05) is 27.1 Å². The van der Waals surface area contributed by atoms with Crippen molar-refractivity contribution >= 4 is 33.2 Å². The van der Waals surface area contributed by atoms with E-state index >= 15 is 0 Å². The molecule has 1 N–H and O–H groups in total. The molecule has 2 aromatic carbocycles. The molecule has 0 fully saturated rings. The number of benzene rings is 2. The molecule has 5 rings (SSSR count). The normalized spacial score (nSPS) is 11.3. The third-order valence-corrected chi connectivity index (χ3v) is 5.86. The van der Waals surface area contributed by atoms with Crippen molar-refractivity contribution in [3.8, 4) is 22.6 Å². The fourth-order valence-electron chi connectivity index (χ4n) is 3.20. The molecule has 0 aliphatic heterocycles. The molecule has 31 heavy (non-hydrogen) atoms. The number of fused-ring (bicyclic) bond motifs is 1. The average molecular weight is 455 g/mol. The zero-order valence-electron chi connectivity index (χ0n) is 15.6. The van der Waals surface area contributed by atoms with Crippen molar-refractivity contribution in [2.75, 3.05) is 0 Å². The maximum Gasteiger partial charge on any atom is 0.437 e. The van der Waals surface area contributed by atoms with Crippen LogP contribution in [0.5, 0.6) is 0 Å². The Morgan fingerprint density at radius 1 is 1.10 bits per heavy atom. The highest BCUT2D eigenvalue weighted by Gasteiger charge is 2.17. The molecule has 0 amide bonds. The van der Waals surface area contributed by atoms with E-state index in [-0.39, 0.29) is 23.8 Å². The van der Waals surface area contributed by atoms with Crippen molar-refractivity contribution in [3.63, 3.8) is 0 Å². The van der Waals surface area contributed by atoms with Gasteiger partial charge in [-0.3, -0.25) is 4.79 Å². The summed E-state index contributed by atoms with van der Waals surface area (Å²) in [6.07, 6.45) is 0. The zero-order chi connectivity index (χ0) is 21.5. The SMILES string of the molecule is O=c1[nH]c(Cn2nc(-c3ccc(F)cc3)oc2=O)nc2scc(-c3ccccc3Cl)c12. The number of aromatic nitrogens is 4. The van der Waals surface area contributed by atoms with Crippen LogP contribution in [0.25, 0.3) is 32.8 Å². The van der Waals surface area contributed by atoms with Crippen molar-refractivity contribution in [1.82, 2.24) is 19.7 Å². The van der Waals surface area contributed by atoms with Gasteiger partial charge < -0.3 is 9.40 Å². The number of rotatable bonds is 4. The lowest BCUT2D eigenvalue weighted by Gasteiger charge is -2.03. The highest BCUT2D eigenvalue weighted by molar-refractivity contribution is 7.17. The lowest BCUT2D eigenvalue weighted by Crippen LogP contribution is -2.20. The molecular formula is C21H12ClFN4O3S. The van der Waals surface area contributed by atoms with Crippen LogP contribution in [0.4, 0.5) is 4.39 Å². The third-order valence-electron chi connectivity index (χ3n) is 4.65. The van der Waals surface area contributed by atoms with Gasteiger partial charge in [-0.05, 0) is 30.3 Å². The summed E-state index contributed by atoms with van der Waals surface area (Å²) < 4.78 is 19.3. The molecule has 0 radical (unpaired) electrons. The third kappa shape index (κ3) is 3.58. The Labute approximate surface area is 182 Å². The molecule has 3 aromatic heterocycles. The van der Waals surface area contributed by atoms with E-state index in [0.29, 0.717) is 26.4 Å². The van der Waals surface area contributed by atoms with Gasteiger partial charge in [-0.2, -0.15) is 4.68 Å². The molecule has 10 heteroatoms. The Hall–Kier alpha value is -3.56. The van der Waals surface area contributed by atoms with E-state index in [9.17, 15) is 14.0 Å². The molecule has 5 aromatic rings. The van der Waals surface area contributed by atoms with E-state index in [0.717, 1.165) is 10.2 Å². The molecule has 154 valence electrons. The largest absolute Gasteiger partial charge is 0.437 e. The predicted molar refractivity (Wildman–Crippen MR) is 116 cm³/mol. The molecule has 7 nitrogen and oxygen atoms in total. The monoisotopic (exact) mass is 454 g/mol. The van der Waals surface area contributed by atoms with Gasteiger partial charge in [-0.1, -0.05) is 29.8 Å². The van der Waals surface area contributed by atoms with Crippen molar-refractivity contribution in [2.45, 2.75) is 6.54 Å². The van der Waals surface area contributed by atoms with Gasteiger partial charge in [-0.25, -0.2) is 14.2 Å². The second-order valence-corrected chi connectivity index (χ2v) is 7.92. The molecule has 3 heterocycles. The molecule has 0 aliphatic rings. The highest BCUT2D eigenvalue weighted by atomic mass is 35.5. The summed E-state index contributed by atoms with van der Waals surface area (Å²) in [5, 5.41) is 6.91. The van der Waals surface area contributed by atoms with Gasteiger partial charge in [0.1, 0.15) is 23.0 Å². The number of hydrogen-bond donors (Lipinski definition) is 1. The van der Waals surface area contributed by atoms with Gasteiger partial charge in [0.25, 0.3) is 5.56 Å². The van der Waals surface area contributed by atoms with Crippen LogP contribution < -0.4 is 11.3 Å². The Balaban J connectivity index is 1.51. The van der Waals surface area contributed by atoms with Crippen LogP contribution in [0.1, 0.15) is 5.82 Å². The molecule has 0 saturated carbocycles. The van der Waals surface area contributed by atoms with Crippen LogP contribution >= 0.6 is 22.9 Å². The van der Waals surface area contributed by atoms with E-state index in [4.69, 9.17) is 16.0 Å². The van der Waals surface area contributed by atoms with E-state index in [1.807, 2.05) is 23.6 Å². The van der Waals surface area contributed by atoms with Gasteiger partial charge in [0.05, 0.1) is 5.39 Å². The van der Waals surface area contributed by atoms with Crippen LogP contribution in [0.2, 0.25) is 5.02 Å². The molecule has 0 spiro atoms. The second kappa shape index (κ2) is 7.60. The van der Waals surface area contributed by atoms with Crippen molar-refractivity contribution < 1.29 is 8.81 Å². The second-order valence-electron chi connectivity index (χ2n) is 6.66. The molecule has 0 bridgehead atoms. The minimum atomic E-state index is -0.718. The molecular weight excluding hydrogens is 443 g/mol. The minimum absolute atomic E-state index is 0.0468. The first-order valence-corrected chi connectivity index (χ1v) is 10.3. The van der Waals surface area contributed by atoms with Crippen LogP contribution in [0.3, 0.4) is 0 Å². The molecule has 0 aliphatic carbocycles. The standard InChI is InChI=1S/C21H12ClFN4O3S/c22-15-4-2-1-3-13(15)14-10-31-20-17(14)18(28)24-16(25-20)9-27-21(29)30-19(26-27)11-5-7-12(23)8-6-11/h1-8,10H,9H2,(H,24,25,28). The molecule has 0 saturated heterocycles. The topological polar surface area (TPSA) is 93.8 Å². The van der Waals surface area contributed by atoms with E-state index in [1.54, 1.807) is 6.07 Å². The first-order chi connectivity index (χ1) is 15.0. The fraction of sp³-hybridized carbons (Fsp3) is 0.0476. The van der Waals surface area contributed by atoms with E-state index in [2.05, 4.69) is 15.1 Å². The summed E-state index contributed by atoms with van der Waals surface area (Å²) in [6, 6.07) is 12.7. The van der Waals surface area contributed by atoms with Crippen LogP contribution in [0.15, 0.2) is 67.9 Å². The smallest absolute Gasteiger partial charge is 0.388 e. The van der Waals surface area contributed by atoms with Gasteiger partial charge in [0.15, 0.2) is 0 Å². The number of H-pyrrole nitrogens is 1. The van der Waals surface area contributed by atoms with Crippen LogP contribution in [-0.4, -0.2) is 19.7 Å².